The highest BCUT2D eigenvalue weighted by molar-refractivity contribution is 5.92. The third-order valence-corrected chi connectivity index (χ3v) is 3.70. The standard InChI is InChI=1S/C14H18N4O3/c1-9-8-21-17-13(9)16-14(19)11-4-3-5-20-12(11)10-6-15-18(2)7-10/h6-8,11-12H,3-5H2,1-2H3,(H,16,17,19)/t11-,12+/m1/s1. The van der Waals surface area contributed by atoms with E-state index in [4.69, 9.17) is 9.26 Å². The first-order chi connectivity index (χ1) is 10.1. The molecule has 0 saturated carbocycles. The van der Waals surface area contributed by atoms with E-state index in [-0.39, 0.29) is 17.9 Å². The van der Waals surface area contributed by atoms with Crippen LogP contribution in [0.25, 0.3) is 0 Å². The summed E-state index contributed by atoms with van der Waals surface area (Å²) in [5.74, 6) is 0.120. The largest absolute Gasteiger partial charge is 0.373 e. The number of anilines is 1. The monoisotopic (exact) mass is 290 g/mol. The molecule has 0 radical (unpaired) electrons. The van der Waals surface area contributed by atoms with Gasteiger partial charge in [-0.3, -0.25) is 9.48 Å². The summed E-state index contributed by atoms with van der Waals surface area (Å²) >= 11 is 0. The minimum absolute atomic E-state index is 0.0967. The maximum atomic E-state index is 12.5. The molecule has 112 valence electrons. The molecule has 0 aromatic carbocycles. The zero-order valence-electron chi connectivity index (χ0n) is 12.1. The Bertz CT molecular complexity index is 634. The van der Waals surface area contributed by atoms with Gasteiger partial charge in [0.05, 0.1) is 18.2 Å². The molecule has 1 aliphatic heterocycles. The van der Waals surface area contributed by atoms with E-state index in [1.54, 1.807) is 10.9 Å². The van der Waals surface area contributed by atoms with Gasteiger partial charge in [0.2, 0.25) is 5.91 Å². The highest BCUT2D eigenvalue weighted by Crippen LogP contribution is 2.34. The second-order valence-corrected chi connectivity index (χ2v) is 5.32. The van der Waals surface area contributed by atoms with E-state index >= 15 is 0 Å². The van der Waals surface area contributed by atoms with Crippen LogP contribution >= 0.6 is 0 Å². The van der Waals surface area contributed by atoms with E-state index in [9.17, 15) is 4.79 Å². The topological polar surface area (TPSA) is 82.2 Å². The number of nitrogens with one attached hydrogen (secondary N) is 1. The molecule has 7 nitrogen and oxygen atoms in total. The fourth-order valence-corrected chi connectivity index (χ4v) is 2.58. The molecule has 1 saturated heterocycles. The lowest BCUT2D eigenvalue weighted by Gasteiger charge is -2.29. The number of amides is 1. The Hall–Kier alpha value is -2.15. The molecule has 2 aromatic heterocycles. The fourth-order valence-electron chi connectivity index (χ4n) is 2.58. The van der Waals surface area contributed by atoms with Gasteiger partial charge in [-0.05, 0) is 19.8 Å². The normalized spacial score (nSPS) is 22.2. The van der Waals surface area contributed by atoms with E-state index in [2.05, 4.69) is 15.6 Å². The molecule has 3 rings (SSSR count). The van der Waals surface area contributed by atoms with Gasteiger partial charge in [-0.2, -0.15) is 5.10 Å². The van der Waals surface area contributed by atoms with Crippen molar-refractivity contribution < 1.29 is 14.1 Å². The average Bonchev–Trinajstić information content (AvgIpc) is 3.08. The molecule has 7 heteroatoms. The first-order valence-corrected chi connectivity index (χ1v) is 6.97. The minimum atomic E-state index is -0.264. The van der Waals surface area contributed by atoms with Crippen LogP contribution in [0.15, 0.2) is 23.2 Å². The van der Waals surface area contributed by atoms with Crippen molar-refractivity contribution in [3.63, 3.8) is 0 Å². The van der Waals surface area contributed by atoms with Gasteiger partial charge < -0.3 is 14.6 Å². The summed E-state index contributed by atoms with van der Waals surface area (Å²) in [7, 11) is 1.85. The number of hydrogen-bond donors (Lipinski definition) is 1. The van der Waals surface area contributed by atoms with Gasteiger partial charge in [0.25, 0.3) is 0 Å². The predicted octanol–water partition coefficient (Wildman–Crippen LogP) is 1.82. The number of carbonyl (C=O) groups is 1. The lowest BCUT2D eigenvalue weighted by atomic mass is 9.90. The van der Waals surface area contributed by atoms with E-state index in [0.717, 1.165) is 24.0 Å². The van der Waals surface area contributed by atoms with Gasteiger partial charge in [0.1, 0.15) is 6.26 Å². The Morgan fingerprint density at radius 1 is 1.52 bits per heavy atom. The number of ether oxygens (including phenoxy) is 1. The molecule has 0 spiro atoms. The molecule has 3 heterocycles. The van der Waals surface area contributed by atoms with Gasteiger partial charge >= 0.3 is 0 Å². The molecule has 2 atom stereocenters. The summed E-state index contributed by atoms with van der Waals surface area (Å²) in [6, 6.07) is 0. The zero-order chi connectivity index (χ0) is 14.8. The van der Waals surface area contributed by atoms with Crippen molar-refractivity contribution in [1.82, 2.24) is 14.9 Å². The third-order valence-electron chi connectivity index (χ3n) is 3.70. The maximum absolute atomic E-state index is 12.5. The van der Waals surface area contributed by atoms with Gasteiger partial charge in [-0.15, -0.1) is 0 Å². The van der Waals surface area contributed by atoms with Crippen molar-refractivity contribution in [1.29, 1.82) is 0 Å². The van der Waals surface area contributed by atoms with Crippen molar-refractivity contribution in [2.75, 3.05) is 11.9 Å². The summed E-state index contributed by atoms with van der Waals surface area (Å²) in [6.07, 6.45) is 6.52. The lowest BCUT2D eigenvalue weighted by Crippen LogP contribution is -2.33. The molecule has 21 heavy (non-hydrogen) atoms. The molecule has 0 aliphatic carbocycles. The highest BCUT2D eigenvalue weighted by atomic mass is 16.5. The fraction of sp³-hybridized carbons (Fsp3) is 0.500. The smallest absolute Gasteiger partial charge is 0.231 e. The van der Waals surface area contributed by atoms with Crippen LogP contribution in [0.3, 0.4) is 0 Å². The number of nitrogens with zero attached hydrogens (tertiary/aromatic N) is 3. The van der Waals surface area contributed by atoms with Crippen molar-refractivity contribution in [3.8, 4) is 0 Å². The Kier molecular flexibility index (Phi) is 3.74. The second-order valence-electron chi connectivity index (χ2n) is 5.32. The number of carbonyl (C=O) groups excluding carboxylic acids is 1. The summed E-state index contributed by atoms with van der Waals surface area (Å²) in [5.41, 5.74) is 1.73. The van der Waals surface area contributed by atoms with Crippen LogP contribution in [0.1, 0.15) is 30.1 Å². The molecule has 1 fully saturated rings. The van der Waals surface area contributed by atoms with Crippen LogP contribution in [0.2, 0.25) is 0 Å². The van der Waals surface area contributed by atoms with Crippen LogP contribution in [-0.2, 0) is 16.6 Å². The van der Waals surface area contributed by atoms with Crippen molar-refractivity contribution >= 4 is 11.7 Å². The minimum Gasteiger partial charge on any atom is -0.373 e. The molecular weight excluding hydrogens is 272 g/mol. The van der Waals surface area contributed by atoms with Crippen LogP contribution in [0, 0.1) is 12.8 Å². The number of rotatable bonds is 3. The number of hydrogen-bond acceptors (Lipinski definition) is 5. The van der Waals surface area contributed by atoms with E-state index in [0.29, 0.717) is 12.4 Å². The molecule has 1 N–H and O–H groups in total. The van der Waals surface area contributed by atoms with E-state index < -0.39 is 0 Å². The molecule has 2 aromatic rings. The third kappa shape index (κ3) is 2.82. The van der Waals surface area contributed by atoms with E-state index in [1.165, 1.54) is 6.26 Å². The zero-order valence-corrected chi connectivity index (χ0v) is 12.1. The summed E-state index contributed by atoms with van der Waals surface area (Å²) in [5, 5.41) is 10.8. The number of aromatic nitrogens is 3. The van der Waals surface area contributed by atoms with Crippen molar-refractivity contribution in [2.24, 2.45) is 13.0 Å². The van der Waals surface area contributed by atoms with Crippen LogP contribution in [-0.4, -0.2) is 27.5 Å². The van der Waals surface area contributed by atoms with Gasteiger partial charge in [-0.25, -0.2) is 0 Å². The first kappa shape index (κ1) is 13.8. The molecule has 1 amide bonds. The van der Waals surface area contributed by atoms with Crippen molar-refractivity contribution in [2.45, 2.75) is 25.9 Å². The summed E-state index contributed by atoms with van der Waals surface area (Å²) in [6.45, 7) is 2.49. The van der Waals surface area contributed by atoms with Crippen LogP contribution in [0.4, 0.5) is 5.82 Å². The Labute approximate surface area is 122 Å². The second kappa shape index (κ2) is 5.69. The SMILES string of the molecule is Cc1conc1NC(=O)[C@@H]1CCCO[C@H]1c1cnn(C)c1. The van der Waals surface area contributed by atoms with Crippen molar-refractivity contribution in [3.05, 3.63) is 29.8 Å². The van der Waals surface area contributed by atoms with Gasteiger partial charge in [0.15, 0.2) is 5.82 Å². The van der Waals surface area contributed by atoms with Crippen LogP contribution < -0.4 is 5.32 Å². The molecule has 1 aliphatic rings. The Morgan fingerprint density at radius 2 is 2.38 bits per heavy atom. The predicted molar refractivity (Wildman–Crippen MR) is 74.5 cm³/mol. The Balaban J connectivity index is 1.77. The van der Waals surface area contributed by atoms with Gasteiger partial charge in [-0.1, -0.05) is 5.16 Å². The van der Waals surface area contributed by atoms with E-state index in [1.807, 2.05) is 20.2 Å². The summed E-state index contributed by atoms with van der Waals surface area (Å²) < 4.78 is 12.4. The molecule has 0 bridgehead atoms. The average molecular weight is 290 g/mol. The van der Waals surface area contributed by atoms with Gasteiger partial charge in [0, 0.05) is 31.0 Å². The quantitative estimate of drug-likeness (QED) is 0.932. The Morgan fingerprint density at radius 3 is 3.05 bits per heavy atom. The lowest BCUT2D eigenvalue weighted by molar-refractivity contribution is -0.129. The molecular formula is C14H18N4O3. The maximum Gasteiger partial charge on any atom is 0.231 e. The van der Waals surface area contributed by atoms with Crippen LogP contribution in [0.5, 0.6) is 0 Å². The number of aryl methyl sites for hydroxylation is 2. The highest BCUT2D eigenvalue weighted by Gasteiger charge is 2.34. The summed E-state index contributed by atoms with van der Waals surface area (Å²) in [4.78, 5) is 12.5. The molecule has 0 unspecified atom stereocenters. The first-order valence-electron chi connectivity index (χ1n) is 6.97.